The molecule has 0 radical (unpaired) electrons. The van der Waals surface area contributed by atoms with Crippen LogP contribution in [0.3, 0.4) is 0 Å². The highest BCUT2D eigenvalue weighted by Crippen LogP contribution is 2.45. The van der Waals surface area contributed by atoms with E-state index in [-0.39, 0.29) is 29.9 Å². The van der Waals surface area contributed by atoms with Gasteiger partial charge in [-0.15, -0.1) is 0 Å². The zero-order valence-corrected chi connectivity index (χ0v) is 22.3. The summed E-state index contributed by atoms with van der Waals surface area (Å²) >= 11 is 6.43. The molecule has 1 saturated heterocycles. The Hall–Kier alpha value is -3.21. The van der Waals surface area contributed by atoms with E-state index in [1.807, 2.05) is 11.8 Å². The predicted octanol–water partition coefficient (Wildman–Crippen LogP) is 5.61. The zero-order chi connectivity index (χ0) is 27.3. The van der Waals surface area contributed by atoms with E-state index in [2.05, 4.69) is 20.6 Å². The first kappa shape index (κ1) is 26.0. The Labute approximate surface area is 228 Å². The number of hydrogen-bond donors (Lipinski definition) is 2. The van der Waals surface area contributed by atoms with Gasteiger partial charge in [-0.3, -0.25) is 9.18 Å². The molecule has 12 heteroatoms. The quantitative estimate of drug-likeness (QED) is 0.404. The molecule has 1 aliphatic carbocycles. The molecule has 4 heterocycles. The fourth-order valence-electron chi connectivity index (χ4n) is 5.62. The Bertz CT molecular complexity index is 1460. The number of hydrogen-bond acceptors (Lipinski definition) is 7. The minimum absolute atomic E-state index is 0.0529. The van der Waals surface area contributed by atoms with Gasteiger partial charge in [0.25, 0.3) is 5.56 Å². The molecule has 2 aliphatic heterocycles. The molecule has 0 spiro atoms. The number of alkyl halides is 3. The van der Waals surface area contributed by atoms with Gasteiger partial charge in [0.15, 0.2) is 12.4 Å². The van der Waals surface area contributed by atoms with Crippen LogP contribution < -0.4 is 25.8 Å². The number of nitrogens with zero attached hydrogens (tertiary/aromatic N) is 4. The standard InChI is InChI=1S/C27H30ClF3N6O2/c1-2-37-20-8-7-17(33-24-19(28)12-32-26(35-24)36-9-3-4-15(11-29)13-36)10-18(20)21-22(25(37)38)39-14-27(30,31)23(34-21)16-5-6-16/h7-8,10,12,15-16,23,34H,2-6,9,11,13-14H2,1H3,(H,32,33,35)/t15-,23+/m1/s1. The van der Waals surface area contributed by atoms with Crippen LogP contribution in [0.5, 0.6) is 5.75 Å². The molecule has 8 nitrogen and oxygen atoms in total. The number of aryl methyl sites for hydroxylation is 1. The van der Waals surface area contributed by atoms with Crippen molar-refractivity contribution >= 4 is 45.6 Å². The molecule has 39 heavy (non-hydrogen) atoms. The average molecular weight is 563 g/mol. The molecule has 3 aliphatic rings. The van der Waals surface area contributed by atoms with Crippen LogP contribution in [-0.4, -0.2) is 52.9 Å². The number of anilines is 4. The summed E-state index contributed by atoms with van der Waals surface area (Å²) in [5, 5.41) is 7.10. The summed E-state index contributed by atoms with van der Waals surface area (Å²) in [4.78, 5) is 24.2. The van der Waals surface area contributed by atoms with Gasteiger partial charge in [0, 0.05) is 36.6 Å². The van der Waals surface area contributed by atoms with Crippen molar-refractivity contribution in [2.24, 2.45) is 11.8 Å². The number of piperidine rings is 1. The minimum atomic E-state index is -3.12. The lowest BCUT2D eigenvalue weighted by Gasteiger charge is -2.31. The van der Waals surface area contributed by atoms with Gasteiger partial charge < -0.3 is 24.8 Å². The van der Waals surface area contributed by atoms with Crippen LogP contribution in [0, 0.1) is 11.8 Å². The van der Waals surface area contributed by atoms with Crippen LogP contribution >= 0.6 is 11.6 Å². The number of nitrogens with one attached hydrogen (secondary N) is 2. The maximum atomic E-state index is 15.0. The van der Waals surface area contributed by atoms with Gasteiger partial charge in [-0.2, -0.15) is 4.98 Å². The summed E-state index contributed by atoms with van der Waals surface area (Å²) < 4.78 is 50.3. The minimum Gasteiger partial charge on any atom is -0.480 e. The monoisotopic (exact) mass is 562 g/mol. The maximum absolute atomic E-state index is 15.0. The first-order valence-electron chi connectivity index (χ1n) is 13.4. The third-order valence-electron chi connectivity index (χ3n) is 7.81. The Kier molecular flexibility index (Phi) is 6.73. The number of aromatic nitrogens is 3. The van der Waals surface area contributed by atoms with Gasteiger partial charge in [0.2, 0.25) is 11.7 Å². The second-order valence-corrected chi connectivity index (χ2v) is 11.0. The van der Waals surface area contributed by atoms with Crippen molar-refractivity contribution in [2.45, 2.75) is 51.1 Å². The number of halogens is 4. The van der Waals surface area contributed by atoms with Gasteiger partial charge in [-0.25, -0.2) is 13.8 Å². The third-order valence-corrected chi connectivity index (χ3v) is 8.09. The van der Waals surface area contributed by atoms with Crippen molar-refractivity contribution in [1.82, 2.24) is 14.5 Å². The molecule has 6 rings (SSSR count). The van der Waals surface area contributed by atoms with Crippen LogP contribution in [0.1, 0.15) is 32.6 Å². The Morgan fingerprint density at radius 3 is 2.85 bits per heavy atom. The highest BCUT2D eigenvalue weighted by atomic mass is 35.5. The topological polar surface area (TPSA) is 84.3 Å². The molecule has 2 atom stereocenters. The van der Waals surface area contributed by atoms with Crippen LogP contribution in [0.4, 0.5) is 36.3 Å². The largest absolute Gasteiger partial charge is 0.480 e. The molecule has 2 aromatic heterocycles. The van der Waals surface area contributed by atoms with Gasteiger partial charge in [-0.05, 0) is 56.7 Å². The van der Waals surface area contributed by atoms with E-state index < -0.39 is 24.1 Å². The Morgan fingerprint density at radius 2 is 2.10 bits per heavy atom. The number of rotatable bonds is 6. The number of ether oxygens (including phenoxy) is 1. The fraction of sp³-hybridized carbons (Fsp3) is 0.519. The summed E-state index contributed by atoms with van der Waals surface area (Å²) in [5.74, 6) is -2.62. The Morgan fingerprint density at radius 1 is 1.28 bits per heavy atom. The van der Waals surface area contributed by atoms with Gasteiger partial charge in [-0.1, -0.05) is 11.6 Å². The van der Waals surface area contributed by atoms with E-state index in [4.69, 9.17) is 16.3 Å². The summed E-state index contributed by atoms with van der Waals surface area (Å²) in [7, 11) is 0. The van der Waals surface area contributed by atoms with Crippen molar-refractivity contribution in [1.29, 1.82) is 0 Å². The second-order valence-electron chi connectivity index (χ2n) is 10.6. The van der Waals surface area contributed by atoms with Crippen LogP contribution in [0.2, 0.25) is 5.02 Å². The van der Waals surface area contributed by atoms with E-state index in [1.165, 1.54) is 10.8 Å². The smallest absolute Gasteiger partial charge is 0.301 e. The van der Waals surface area contributed by atoms with Gasteiger partial charge in [0.05, 0.1) is 30.1 Å². The highest BCUT2D eigenvalue weighted by molar-refractivity contribution is 6.32. The van der Waals surface area contributed by atoms with Gasteiger partial charge in [0.1, 0.15) is 5.02 Å². The van der Waals surface area contributed by atoms with E-state index in [9.17, 15) is 18.0 Å². The van der Waals surface area contributed by atoms with Crippen LogP contribution in [-0.2, 0) is 6.54 Å². The second kappa shape index (κ2) is 10.1. The summed E-state index contributed by atoms with van der Waals surface area (Å²) in [6.45, 7) is 2.19. The van der Waals surface area contributed by atoms with E-state index >= 15 is 0 Å². The molecule has 1 aromatic carbocycles. The molecule has 0 amide bonds. The highest BCUT2D eigenvalue weighted by Gasteiger charge is 2.51. The van der Waals surface area contributed by atoms with Crippen LogP contribution in [0.25, 0.3) is 10.9 Å². The average Bonchev–Trinajstić information content (AvgIpc) is 3.78. The molecule has 1 saturated carbocycles. The van der Waals surface area contributed by atoms with Crippen LogP contribution in [0.15, 0.2) is 29.2 Å². The number of pyridine rings is 1. The van der Waals surface area contributed by atoms with Crippen molar-refractivity contribution < 1.29 is 17.9 Å². The fourth-order valence-corrected chi connectivity index (χ4v) is 5.76. The van der Waals surface area contributed by atoms with E-state index in [0.29, 0.717) is 59.3 Å². The normalized spacial score (nSPS) is 22.5. The first-order valence-corrected chi connectivity index (χ1v) is 13.7. The van der Waals surface area contributed by atoms with E-state index in [1.54, 1.807) is 18.2 Å². The lowest BCUT2D eigenvalue weighted by atomic mass is 10.00. The molecular formula is C27H30ClF3N6O2. The SMILES string of the molecule is CCn1c(=O)c2c(c3cc(Nc4nc(N5CCC[C@H](CF)C5)ncc4Cl)ccc31)N[C@@H](C1CC1)C(F)(F)CO2. The maximum Gasteiger partial charge on any atom is 0.301 e. The molecule has 2 N–H and O–H groups in total. The summed E-state index contributed by atoms with van der Waals surface area (Å²) in [6, 6.07) is 4.21. The third kappa shape index (κ3) is 4.85. The van der Waals surface area contributed by atoms with E-state index in [0.717, 1.165) is 19.4 Å². The molecule has 0 bridgehead atoms. The van der Waals surface area contributed by atoms with Crippen molar-refractivity contribution in [3.05, 3.63) is 39.8 Å². The number of benzene rings is 1. The molecule has 3 aromatic rings. The van der Waals surface area contributed by atoms with Crippen molar-refractivity contribution in [3.63, 3.8) is 0 Å². The first-order chi connectivity index (χ1) is 18.8. The summed E-state index contributed by atoms with van der Waals surface area (Å²) in [5.41, 5.74) is 1.02. The molecule has 2 fully saturated rings. The molecular weight excluding hydrogens is 533 g/mol. The van der Waals surface area contributed by atoms with Crippen molar-refractivity contribution in [2.75, 3.05) is 41.9 Å². The lowest BCUT2D eigenvalue weighted by Crippen LogP contribution is -2.44. The molecule has 0 unspecified atom stereocenters. The zero-order valence-electron chi connectivity index (χ0n) is 21.5. The predicted molar refractivity (Wildman–Crippen MR) is 146 cm³/mol. The Balaban J connectivity index is 1.39. The summed E-state index contributed by atoms with van der Waals surface area (Å²) in [6.07, 6.45) is 4.61. The molecule has 208 valence electrons. The van der Waals surface area contributed by atoms with Crippen molar-refractivity contribution in [3.8, 4) is 5.75 Å². The number of fused-ring (bicyclic) bond motifs is 3. The lowest BCUT2D eigenvalue weighted by molar-refractivity contribution is -0.0579. The van der Waals surface area contributed by atoms with Gasteiger partial charge >= 0.3 is 5.92 Å².